The first-order valence-electron chi connectivity index (χ1n) is 4.22. The summed E-state index contributed by atoms with van der Waals surface area (Å²) in [6, 6.07) is 0. The fraction of sp³-hybridized carbons (Fsp3) is 0.571. The Morgan fingerprint density at radius 3 is 2.77 bits per heavy atom. The maximum absolute atomic E-state index is 5.02. The molecule has 0 unspecified atom stereocenters. The van der Waals surface area contributed by atoms with E-state index in [0.29, 0.717) is 5.11 Å². The number of rotatable bonds is 4. The van der Waals surface area contributed by atoms with Crippen molar-refractivity contribution in [2.45, 2.75) is 19.8 Å². The van der Waals surface area contributed by atoms with Gasteiger partial charge >= 0.3 is 0 Å². The fourth-order valence-electron chi connectivity index (χ4n) is 0.794. The van der Waals surface area contributed by atoms with Gasteiger partial charge in [-0.25, -0.2) is 4.68 Å². The lowest BCUT2D eigenvalue weighted by Crippen LogP contribution is -2.33. The van der Waals surface area contributed by atoms with Crippen molar-refractivity contribution in [2.75, 3.05) is 12.0 Å². The molecule has 0 saturated carbocycles. The molecule has 0 aliphatic rings. The van der Waals surface area contributed by atoms with Gasteiger partial charge in [0.2, 0.25) is 0 Å². The lowest BCUT2D eigenvalue weighted by Gasteiger charge is -2.08. The molecule has 1 aromatic rings. The van der Waals surface area contributed by atoms with E-state index < -0.39 is 0 Å². The van der Waals surface area contributed by atoms with Gasteiger partial charge < -0.3 is 5.32 Å². The van der Waals surface area contributed by atoms with Gasteiger partial charge in [0.1, 0.15) is 12.7 Å². The van der Waals surface area contributed by atoms with Crippen molar-refractivity contribution < 1.29 is 0 Å². The number of unbranched alkanes of at least 4 members (excludes halogenated alkanes) is 1. The van der Waals surface area contributed by atoms with Crippen LogP contribution in [0.25, 0.3) is 0 Å². The van der Waals surface area contributed by atoms with E-state index in [1.165, 1.54) is 0 Å². The number of thiocarbonyl (C=S) groups is 1. The first-order valence-corrected chi connectivity index (χ1v) is 4.63. The SMILES string of the molecule is CCCCNC(=S)Nn1cnnc1. The largest absolute Gasteiger partial charge is 0.361 e. The van der Waals surface area contributed by atoms with Crippen LogP contribution in [0.2, 0.25) is 0 Å². The fourth-order valence-corrected chi connectivity index (χ4v) is 1.00. The van der Waals surface area contributed by atoms with Crippen molar-refractivity contribution in [3.63, 3.8) is 0 Å². The first kappa shape index (κ1) is 9.91. The molecule has 0 aliphatic carbocycles. The van der Waals surface area contributed by atoms with Gasteiger partial charge in [0, 0.05) is 6.54 Å². The molecule has 0 saturated heterocycles. The summed E-state index contributed by atoms with van der Waals surface area (Å²) < 4.78 is 1.60. The van der Waals surface area contributed by atoms with Gasteiger partial charge in [-0.15, -0.1) is 10.2 Å². The van der Waals surface area contributed by atoms with Crippen LogP contribution in [0.3, 0.4) is 0 Å². The van der Waals surface area contributed by atoms with Gasteiger partial charge in [-0.2, -0.15) is 0 Å². The highest BCUT2D eigenvalue weighted by molar-refractivity contribution is 7.80. The normalized spacial score (nSPS) is 9.62. The first-order chi connectivity index (χ1) is 6.33. The summed E-state index contributed by atoms with van der Waals surface area (Å²) in [7, 11) is 0. The van der Waals surface area contributed by atoms with E-state index in [2.05, 4.69) is 27.9 Å². The predicted molar refractivity (Wildman–Crippen MR) is 54.9 cm³/mol. The zero-order valence-corrected chi connectivity index (χ0v) is 8.34. The molecule has 0 bridgehead atoms. The molecule has 0 radical (unpaired) electrons. The van der Waals surface area contributed by atoms with E-state index in [-0.39, 0.29) is 0 Å². The van der Waals surface area contributed by atoms with Crippen LogP contribution in [-0.4, -0.2) is 26.5 Å². The highest BCUT2D eigenvalue weighted by atomic mass is 32.1. The topological polar surface area (TPSA) is 54.8 Å². The molecule has 2 N–H and O–H groups in total. The quantitative estimate of drug-likeness (QED) is 0.546. The van der Waals surface area contributed by atoms with Crippen LogP contribution in [-0.2, 0) is 0 Å². The minimum absolute atomic E-state index is 0.591. The number of nitrogens with one attached hydrogen (secondary N) is 2. The smallest absolute Gasteiger partial charge is 0.185 e. The summed E-state index contributed by atoms with van der Waals surface area (Å²) in [5.41, 5.74) is 2.89. The Labute approximate surface area is 82.5 Å². The van der Waals surface area contributed by atoms with Crippen molar-refractivity contribution in [1.29, 1.82) is 0 Å². The van der Waals surface area contributed by atoms with Crippen LogP contribution in [0.15, 0.2) is 12.7 Å². The average molecular weight is 199 g/mol. The maximum atomic E-state index is 5.02. The highest BCUT2D eigenvalue weighted by Crippen LogP contribution is 1.83. The Morgan fingerprint density at radius 1 is 1.46 bits per heavy atom. The summed E-state index contributed by atoms with van der Waals surface area (Å²) >= 11 is 5.02. The third-order valence-electron chi connectivity index (χ3n) is 1.47. The molecule has 1 heterocycles. The van der Waals surface area contributed by atoms with Crippen LogP contribution in [0.1, 0.15) is 19.8 Å². The van der Waals surface area contributed by atoms with E-state index in [9.17, 15) is 0 Å². The number of hydrogen-bond acceptors (Lipinski definition) is 3. The molecule has 5 nitrogen and oxygen atoms in total. The Hall–Kier alpha value is -1.17. The molecular weight excluding hydrogens is 186 g/mol. The summed E-state index contributed by atoms with van der Waals surface area (Å²) in [5.74, 6) is 0. The van der Waals surface area contributed by atoms with Gasteiger partial charge in [0.15, 0.2) is 5.11 Å². The van der Waals surface area contributed by atoms with Crippen molar-refractivity contribution in [2.24, 2.45) is 0 Å². The molecule has 0 aromatic carbocycles. The molecule has 1 rings (SSSR count). The van der Waals surface area contributed by atoms with E-state index in [0.717, 1.165) is 19.4 Å². The predicted octanol–water partition coefficient (Wildman–Crippen LogP) is 0.496. The Morgan fingerprint density at radius 2 is 2.15 bits per heavy atom. The zero-order chi connectivity index (χ0) is 9.52. The van der Waals surface area contributed by atoms with Crippen LogP contribution in [0, 0.1) is 0 Å². The van der Waals surface area contributed by atoms with Crippen LogP contribution in [0.4, 0.5) is 0 Å². The minimum Gasteiger partial charge on any atom is -0.361 e. The zero-order valence-electron chi connectivity index (χ0n) is 7.53. The van der Waals surface area contributed by atoms with Gasteiger partial charge in [-0.3, -0.25) is 5.43 Å². The molecule has 0 spiro atoms. The lowest BCUT2D eigenvalue weighted by molar-refractivity contribution is 0.752. The van der Waals surface area contributed by atoms with Crippen LogP contribution in [0.5, 0.6) is 0 Å². The monoisotopic (exact) mass is 199 g/mol. The molecule has 0 aliphatic heterocycles. The second kappa shape index (κ2) is 5.47. The summed E-state index contributed by atoms with van der Waals surface area (Å²) in [6.45, 7) is 3.03. The minimum atomic E-state index is 0.591. The molecule has 1 aromatic heterocycles. The molecular formula is C7H13N5S. The second-order valence-electron chi connectivity index (χ2n) is 2.59. The van der Waals surface area contributed by atoms with Gasteiger partial charge in [0.25, 0.3) is 0 Å². The molecule has 13 heavy (non-hydrogen) atoms. The average Bonchev–Trinajstić information content (AvgIpc) is 2.57. The van der Waals surface area contributed by atoms with E-state index in [4.69, 9.17) is 12.2 Å². The van der Waals surface area contributed by atoms with Gasteiger partial charge in [0.05, 0.1) is 0 Å². The Bertz CT molecular complexity index is 245. The Kier molecular flexibility index (Phi) is 4.17. The van der Waals surface area contributed by atoms with E-state index in [1.54, 1.807) is 17.3 Å². The van der Waals surface area contributed by atoms with Crippen LogP contribution >= 0.6 is 12.2 Å². The molecule has 0 fully saturated rings. The van der Waals surface area contributed by atoms with Gasteiger partial charge in [-0.05, 0) is 18.6 Å². The van der Waals surface area contributed by atoms with Crippen LogP contribution < -0.4 is 10.7 Å². The van der Waals surface area contributed by atoms with Crippen molar-refractivity contribution in [3.8, 4) is 0 Å². The van der Waals surface area contributed by atoms with Crippen molar-refractivity contribution >= 4 is 17.3 Å². The van der Waals surface area contributed by atoms with Gasteiger partial charge in [-0.1, -0.05) is 13.3 Å². The van der Waals surface area contributed by atoms with Crippen molar-refractivity contribution in [1.82, 2.24) is 20.2 Å². The Balaban J connectivity index is 2.18. The van der Waals surface area contributed by atoms with E-state index in [1.807, 2.05) is 0 Å². The molecule has 72 valence electrons. The maximum Gasteiger partial charge on any atom is 0.185 e. The van der Waals surface area contributed by atoms with Crippen molar-refractivity contribution in [3.05, 3.63) is 12.7 Å². The summed E-state index contributed by atoms with van der Waals surface area (Å²) in [5, 5.41) is 10.9. The summed E-state index contributed by atoms with van der Waals surface area (Å²) in [4.78, 5) is 0. The summed E-state index contributed by atoms with van der Waals surface area (Å²) in [6.07, 6.45) is 5.37. The standard InChI is InChI=1S/C7H13N5S/c1-2-3-4-8-7(13)11-12-5-9-10-6-12/h5-6H,2-4H2,1H3,(H2,8,11,13). The number of aromatic nitrogens is 3. The molecule has 6 heteroatoms. The third-order valence-corrected chi connectivity index (χ3v) is 1.70. The number of hydrogen-bond donors (Lipinski definition) is 2. The highest BCUT2D eigenvalue weighted by Gasteiger charge is 1.94. The van der Waals surface area contributed by atoms with E-state index >= 15 is 0 Å². The molecule has 0 amide bonds. The second-order valence-corrected chi connectivity index (χ2v) is 3.00. The lowest BCUT2D eigenvalue weighted by atomic mass is 10.3. The number of nitrogens with zero attached hydrogens (tertiary/aromatic N) is 3. The third kappa shape index (κ3) is 3.84. The molecule has 0 atom stereocenters.